The third kappa shape index (κ3) is 3.17. The summed E-state index contributed by atoms with van der Waals surface area (Å²) in [6.07, 6.45) is 2.85. The standard InChI is InChI=1S/C24H18F2N4/c25-15-10-18-19(13-28-23(18)20(26)11-15)24-29-21(12-22(27)30-24)17-9-5-4-8-16(17)14-6-2-1-3-7-14/h1-13,22,28H,27H2,(H,29,30). The lowest BCUT2D eigenvalue weighted by Crippen LogP contribution is -2.33. The molecule has 5 rings (SSSR count). The zero-order valence-corrected chi connectivity index (χ0v) is 15.9. The fourth-order valence-electron chi connectivity index (χ4n) is 3.79. The van der Waals surface area contributed by atoms with Gasteiger partial charge in [0.05, 0.1) is 5.52 Å². The predicted octanol–water partition coefficient (Wildman–Crippen LogP) is 4.79. The van der Waals surface area contributed by atoms with Crippen LogP contribution in [-0.4, -0.2) is 17.0 Å². The smallest absolute Gasteiger partial charge is 0.150 e. The Hall–Kier alpha value is -3.77. The van der Waals surface area contributed by atoms with E-state index in [2.05, 4.69) is 15.3 Å². The summed E-state index contributed by atoms with van der Waals surface area (Å²) in [5, 5.41) is 3.72. The maximum atomic E-state index is 14.1. The first-order valence-corrected chi connectivity index (χ1v) is 9.54. The van der Waals surface area contributed by atoms with E-state index in [1.54, 1.807) is 6.20 Å². The number of aliphatic imine (C=N–C) groups is 1. The van der Waals surface area contributed by atoms with Crippen LogP contribution in [-0.2, 0) is 0 Å². The molecule has 0 aliphatic carbocycles. The first-order valence-electron chi connectivity index (χ1n) is 9.54. The highest BCUT2D eigenvalue weighted by atomic mass is 19.1. The Balaban J connectivity index is 1.58. The summed E-state index contributed by atoms with van der Waals surface area (Å²) >= 11 is 0. The van der Waals surface area contributed by atoms with Gasteiger partial charge in [0.15, 0.2) is 0 Å². The number of H-pyrrole nitrogens is 1. The molecule has 4 N–H and O–H groups in total. The quantitative estimate of drug-likeness (QED) is 0.463. The van der Waals surface area contributed by atoms with Crippen LogP contribution in [0.1, 0.15) is 11.1 Å². The van der Waals surface area contributed by atoms with Gasteiger partial charge in [0.2, 0.25) is 0 Å². The second kappa shape index (κ2) is 7.24. The van der Waals surface area contributed by atoms with Gasteiger partial charge in [-0.15, -0.1) is 0 Å². The summed E-state index contributed by atoms with van der Waals surface area (Å²) in [4.78, 5) is 7.32. The Morgan fingerprint density at radius 2 is 1.60 bits per heavy atom. The summed E-state index contributed by atoms with van der Waals surface area (Å²) in [5.41, 5.74) is 10.8. The molecule has 4 nitrogen and oxygen atoms in total. The second-order valence-electron chi connectivity index (χ2n) is 7.10. The highest BCUT2D eigenvalue weighted by molar-refractivity contribution is 6.13. The van der Waals surface area contributed by atoms with Gasteiger partial charge in [0, 0.05) is 34.5 Å². The van der Waals surface area contributed by atoms with E-state index < -0.39 is 17.8 Å². The Kier molecular flexibility index (Phi) is 4.41. The van der Waals surface area contributed by atoms with Crippen molar-refractivity contribution in [3.05, 3.63) is 102 Å². The molecule has 3 aromatic carbocycles. The lowest BCUT2D eigenvalue weighted by Gasteiger charge is -2.22. The van der Waals surface area contributed by atoms with Crippen LogP contribution in [0.25, 0.3) is 27.7 Å². The summed E-state index contributed by atoms with van der Waals surface area (Å²) in [6.45, 7) is 0. The van der Waals surface area contributed by atoms with E-state index in [0.717, 1.165) is 28.5 Å². The van der Waals surface area contributed by atoms with Crippen LogP contribution < -0.4 is 11.1 Å². The number of rotatable bonds is 3. The van der Waals surface area contributed by atoms with Crippen LogP contribution >= 0.6 is 0 Å². The number of halogens is 2. The highest BCUT2D eigenvalue weighted by Crippen LogP contribution is 2.30. The van der Waals surface area contributed by atoms with Crippen LogP contribution in [0.15, 0.2) is 84.0 Å². The molecule has 1 atom stereocenters. The van der Waals surface area contributed by atoms with Crippen LogP contribution in [0.3, 0.4) is 0 Å². The van der Waals surface area contributed by atoms with Gasteiger partial charge in [-0.1, -0.05) is 54.6 Å². The van der Waals surface area contributed by atoms with Gasteiger partial charge in [-0.05, 0) is 23.3 Å². The number of hydrogen-bond donors (Lipinski definition) is 3. The van der Waals surface area contributed by atoms with E-state index in [0.29, 0.717) is 16.8 Å². The fourth-order valence-corrected chi connectivity index (χ4v) is 3.79. The lowest BCUT2D eigenvalue weighted by atomic mass is 9.96. The van der Waals surface area contributed by atoms with Crippen molar-refractivity contribution in [3.63, 3.8) is 0 Å². The van der Waals surface area contributed by atoms with Crippen molar-refractivity contribution in [2.45, 2.75) is 6.17 Å². The first-order chi connectivity index (χ1) is 14.6. The predicted molar refractivity (Wildman–Crippen MR) is 116 cm³/mol. The average Bonchev–Trinajstić information content (AvgIpc) is 3.18. The Bertz CT molecular complexity index is 1310. The molecule has 0 amide bonds. The van der Waals surface area contributed by atoms with E-state index in [1.807, 2.05) is 60.7 Å². The number of benzene rings is 3. The van der Waals surface area contributed by atoms with Crippen molar-refractivity contribution in [2.75, 3.05) is 0 Å². The molecule has 4 aromatic rings. The van der Waals surface area contributed by atoms with Crippen molar-refractivity contribution >= 4 is 22.4 Å². The van der Waals surface area contributed by atoms with Gasteiger partial charge >= 0.3 is 0 Å². The minimum Gasteiger partial charge on any atom is -0.358 e. The number of fused-ring (bicyclic) bond motifs is 1. The van der Waals surface area contributed by atoms with Gasteiger partial charge in [-0.3, -0.25) is 0 Å². The van der Waals surface area contributed by atoms with Crippen molar-refractivity contribution in [3.8, 4) is 11.1 Å². The van der Waals surface area contributed by atoms with Crippen molar-refractivity contribution < 1.29 is 8.78 Å². The topological polar surface area (TPSA) is 66.2 Å². The molecule has 1 aliphatic heterocycles. The molecular formula is C24H18F2N4. The van der Waals surface area contributed by atoms with E-state index >= 15 is 0 Å². The van der Waals surface area contributed by atoms with Gasteiger partial charge in [-0.25, -0.2) is 13.8 Å². The minimum atomic E-state index is -0.651. The molecular weight excluding hydrogens is 382 g/mol. The number of amidine groups is 1. The fraction of sp³-hybridized carbons (Fsp3) is 0.0417. The Morgan fingerprint density at radius 1 is 0.867 bits per heavy atom. The third-order valence-electron chi connectivity index (χ3n) is 5.13. The largest absolute Gasteiger partial charge is 0.358 e. The maximum absolute atomic E-state index is 14.1. The average molecular weight is 400 g/mol. The number of nitrogens with zero attached hydrogens (tertiary/aromatic N) is 1. The van der Waals surface area contributed by atoms with Gasteiger partial charge in [0.1, 0.15) is 23.6 Å². The number of hydrogen-bond acceptors (Lipinski definition) is 3. The highest BCUT2D eigenvalue weighted by Gasteiger charge is 2.21. The molecule has 2 heterocycles. The van der Waals surface area contributed by atoms with E-state index in [4.69, 9.17) is 5.73 Å². The number of aromatic amines is 1. The molecule has 0 radical (unpaired) electrons. The molecule has 0 bridgehead atoms. The summed E-state index contributed by atoms with van der Waals surface area (Å²) in [7, 11) is 0. The normalized spacial score (nSPS) is 16.2. The summed E-state index contributed by atoms with van der Waals surface area (Å²) < 4.78 is 27.9. The van der Waals surface area contributed by atoms with E-state index in [9.17, 15) is 8.78 Å². The van der Waals surface area contributed by atoms with Gasteiger partial charge < -0.3 is 16.0 Å². The molecule has 30 heavy (non-hydrogen) atoms. The molecule has 0 spiro atoms. The summed E-state index contributed by atoms with van der Waals surface area (Å²) in [6, 6.07) is 20.2. The second-order valence-corrected chi connectivity index (χ2v) is 7.10. The number of aromatic nitrogens is 1. The van der Waals surface area contributed by atoms with Crippen molar-refractivity contribution in [1.29, 1.82) is 0 Å². The first kappa shape index (κ1) is 18.3. The zero-order chi connectivity index (χ0) is 20.7. The van der Waals surface area contributed by atoms with Crippen LogP contribution in [0.5, 0.6) is 0 Å². The minimum absolute atomic E-state index is 0.227. The molecule has 0 saturated heterocycles. The molecule has 6 heteroatoms. The molecule has 148 valence electrons. The van der Waals surface area contributed by atoms with Crippen LogP contribution in [0.4, 0.5) is 8.78 Å². The molecule has 0 fully saturated rings. The third-order valence-corrected chi connectivity index (χ3v) is 5.13. The SMILES string of the molecule is NC1C=C(c2ccccc2-c2ccccc2)NC(c2c[nH]c3c(F)cc(F)cc23)=N1. The van der Waals surface area contributed by atoms with Crippen LogP contribution in [0.2, 0.25) is 0 Å². The number of nitrogens with two attached hydrogens (primary N) is 1. The van der Waals surface area contributed by atoms with Gasteiger partial charge in [-0.2, -0.15) is 0 Å². The van der Waals surface area contributed by atoms with Crippen LogP contribution in [0, 0.1) is 11.6 Å². The molecule has 1 aromatic heterocycles. The van der Waals surface area contributed by atoms with E-state index in [-0.39, 0.29) is 5.52 Å². The molecule has 1 aliphatic rings. The maximum Gasteiger partial charge on any atom is 0.150 e. The van der Waals surface area contributed by atoms with Gasteiger partial charge in [0.25, 0.3) is 0 Å². The number of nitrogens with one attached hydrogen (secondary N) is 2. The zero-order valence-electron chi connectivity index (χ0n) is 15.9. The Labute approximate surface area is 171 Å². The van der Waals surface area contributed by atoms with Crippen molar-refractivity contribution in [2.24, 2.45) is 10.7 Å². The Morgan fingerprint density at radius 3 is 2.40 bits per heavy atom. The molecule has 0 saturated carbocycles. The monoisotopic (exact) mass is 400 g/mol. The van der Waals surface area contributed by atoms with E-state index in [1.165, 1.54) is 6.07 Å². The lowest BCUT2D eigenvalue weighted by molar-refractivity contribution is 0.591. The van der Waals surface area contributed by atoms with Crippen molar-refractivity contribution in [1.82, 2.24) is 10.3 Å². The summed E-state index contributed by atoms with van der Waals surface area (Å²) in [5.74, 6) is -0.840. The molecule has 1 unspecified atom stereocenters.